The second-order valence-electron chi connectivity index (χ2n) is 7.66. The zero-order valence-electron chi connectivity index (χ0n) is 18.5. The van der Waals surface area contributed by atoms with Crippen LogP contribution < -0.4 is 0 Å². The number of unbranched alkanes of at least 4 members (excludes halogenated alkanes) is 1. The molecule has 0 atom stereocenters. The van der Waals surface area contributed by atoms with Crippen LogP contribution in [0.3, 0.4) is 0 Å². The number of rotatable bonds is 8. The zero-order chi connectivity index (χ0) is 24.1. The van der Waals surface area contributed by atoms with Crippen molar-refractivity contribution in [1.29, 1.82) is 0 Å². The molecule has 8 heteroatoms. The number of thioether (sulfide) groups is 1. The Balaban J connectivity index is 1.43. The van der Waals surface area contributed by atoms with E-state index in [1.807, 2.05) is 31.2 Å². The number of nitrogens with zero attached hydrogens (tertiary/aromatic N) is 1. The van der Waals surface area contributed by atoms with Crippen molar-refractivity contribution in [2.45, 2.75) is 26.3 Å². The minimum atomic E-state index is -0.346. The summed E-state index contributed by atoms with van der Waals surface area (Å²) in [5, 5.41) is -0.303. The van der Waals surface area contributed by atoms with Gasteiger partial charge in [-0.2, -0.15) is 0 Å². The van der Waals surface area contributed by atoms with Crippen molar-refractivity contribution < 1.29 is 23.5 Å². The first-order valence-corrected chi connectivity index (χ1v) is 12.7. The number of halogens is 1. The van der Waals surface area contributed by atoms with Crippen LogP contribution in [-0.4, -0.2) is 28.6 Å². The highest BCUT2D eigenvalue weighted by Crippen LogP contribution is 2.34. The van der Waals surface area contributed by atoms with Crippen LogP contribution in [0.25, 0.3) is 17.4 Å². The van der Waals surface area contributed by atoms with E-state index in [0.717, 1.165) is 39.3 Å². The summed E-state index contributed by atoms with van der Waals surface area (Å²) in [7, 11) is 0. The summed E-state index contributed by atoms with van der Waals surface area (Å²) in [4.78, 5) is 38.8. The molecule has 0 aliphatic carbocycles. The molecule has 1 aliphatic rings. The first-order valence-electron chi connectivity index (χ1n) is 10.8. The number of furan rings is 1. The van der Waals surface area contributed by atoms with Gasteiger partial charge in [0.15, 0.2) is 0 Å². The molecular formula is C26H22INO5S. The molecule has 34 heavy (non-hydrogen) atoms. The molecule has 1 aliphatic heterocycles. The molecular weight excluding hydrogens is 565 g/mol. The van der Waals surface area contributed by atoms with E-state index < -0.39 is 0 Å². The molecule has 0 unspecified atom stereocenters. The van der Waals surface area contributed by atoms with Gasteiger partial charge in [0.05, 0.1) is 23.6 Å². The van der Waals surface area contributed by atoms with Crippen LogP contribution in [0.2, 0.25) is 0 Å². The van der Waals surface area contributed by atoms with E-state index in [2.05, 4.69) is 22.6 Å². The third kappa shape index (κ3) is 5.79. The standard InChI is InChI=1S/C26H22INO5S/c1-2-3-14-32-25(30)19-8-6-18(7-9-19)22-13-12-21(33-22)15-23-24(29)28(26(31)34-23)16-17-4-10-20(27)11-5-17/h4-13,15H,2-3,14,16H2,1H3/b23-15-. The summed E-state index contributed by atoms with van der Waals surface area (Å²) in [5.74, 6) is 0.381. The van der Waals surface area contributed by atoms with Crippen molar-refractivity contribution in [3.05, 3.63) is 86.0 Å². The van der Waals surface area contributed by atoms with Gasteiger partial charge >= 0.3 is 5.97 Å². The third-order valence-corrected chi connectivity index (χ3v) is 6.79. The van der Waals surface area contributed by atoms with Crippen molar-refractivity contribution in [2.75, 3.05) is 6.61 Å². The fourth-order valence-electron chi connectivity index (χ4n) is 3.29. The van der Waals surface area contributed by atoms with Crippen LogP contribution in [0, 0.1) is 3.57 Å². The summed E-state index contributed by atoms with van der Waals surface area (Å²) >= 11 is 3.11. The van der Waals surface area contributed by atoms with Gasteiger partial charge in [-0.1, -0.05) is 37.6 Å². The average Bonchev–Trinajstić information content (AvgIpc) is 3.41. The topological polar surface area (TPSA) is 76.8 Å². The van der Waals surface area contributed by atoms with Crippen molar-refractivity contribution >= 4 is 57.5 Å². The number of hydrogen-bond acceptors (Lipinski definition) is 6. The molecule has 2 amide bonds. The van der Waals surface area contributed by atoms with E-state index in [1.54, 1.807) is 42.5 Å². The predicted octanol–water partition coefficient (Wildman–Crippen LogP) is 6.74. The van der Waals surface area contributed by atoms with Crippen molar-refractivity contribution in [2.24, 2.45) is 0 Å². The van der Waals surface area contributed by atoms with E-state index in [4.69, 9.17) is 9.15 Å². The largest absolute Gasteiger partial charge is 0.462 e. The van der Waals surface area contributed by atoms with Gasteiger partial charge in [-0.25, -0.2) is 4.79 Å². The Labute approximate surface area is 215 Å². The summed E-state index contributed by atoms with van der Waals surface area (Å²) < 4.78 is 12.2. The average molecular weight is 587 g/mol. The quantitative estimate of drug-likeness (QED) is 0.126. The number of carbonyl (C=O) groups excluding carboxylic acids is 3. The Morgan fingerprint density at radius 1 is 1.06 bits per heavy atom. The number of carbonyl (C=O) groups is 3. The number of ether oxygens (including phenoxy) is 1. The lowest BCUT2D eigenvalue weighted by Crippen LogP contribution is -2.27. The molecule has 2 heterocycles. The summed E-state index contributed by atoms with van der Waals surface area (Å²) in [6, 6.07) is 18.2. The molecule has 0 bridgehead atoms. The number of hydrogen-bond donors (Lipinski definition) is 0. The van der Waals surface area contributed by atoms with E-state index >= 15 is 0 Å². The predicted molar refractivity (Wildman–Crippen MR) is 140 cm³/mol. The van der Waals surface area contributed by atoms with Gasteiger partial charge in [0, 0.05) is 15.2 Å². The molecule has 1 fully saturated rings. The Morgan fingerprint density at radius 3 is 2.50 bits per heavy atom. The highest BCUT2D eigenvalue weighted by molar-refractivity contribution is 14.1. The second kappa shape index (κ2) is 11.1. The van der Waals surface area contributed by atoms with E-state index in [-0.39, 0.29) is 23.7 Å². The SMILES string of the molecule is CCCCOC(=O)c1ccc(-c2ccc(/C=C3\SC(=O)N(Cc4ccc(I)cc4)C3=O)o2)cc1. The zero-order valence-corrected chi connectivity index (χ0v) is 21.4. The van der Waals surface area contributed by atoms with E-state index in [9.17, 15) is 14.4 Å². The van der Waals surface area contributed by atoms with Crippen molar-refractivity contribution in [3.63, 3.8) is 0 Å². The molecule has 174 valence electrons. The van der Waals surface area contributed by atoms with Gasteiger partial charge in [0.1, 0.15) is 11.5 Å². The van der Waals surface area contributed by atoms with Gasteiger partial charge < -0.3 is 9.15 Å². The van der Waals surface area contributed by atoms with Crippen LogP contribution in [-0.2, 0) is 16.1 Å². The summed E-state index contributed by atoms with van der Waals surface area (Å²) in [6.45, 7) is 2.68. The van der Waals surface area contributed by atoms with Crippen LogP contribution in [0.4, 0.5) is 4.79 Å². The van der Waals surface area contributed by atoms with Crippen LogP contribution in [0.1, 0.15) is 41.4 Å². The Kier molecular flexibility index (Phi) is 7.89. The number of esters is 1. The van der Waals surface area contributed by atoms with Crippen LogP contribution in [0.5, 0.6) is 0 Å². The maximum atomic E-state index is 12.8. The Bertz CT molecular complexity index is 1230. The first kappa shape index (κ1) is 24.3. The molecule has 0 saturated carbocycles. The summed E-state index contributed by atoms with van der Waals surface area (Å²) in [6.07, 6.45) is 3.39. The maximum absolute atomic E-state index is 12.8. The monoisotopic (exact) mass is 587 g/mol. The van der Waals surface area contributed by atoms with Gasteiger partial charge in [-0.05, 0) is 82.7 Å². The third-order valence-electron chi connectivity index (χ3n) is 5.16. The Hall–Kier alpha value is -2.85. The van der Waals surface area contributed by atoms with Crippen LogP contribution in [0.15, 0.2) is 70.0 Å². The fourth-order valence-corrected chi connectivity index (χ4v) is 4.46. The molecule has 1 saturated heterocycles. The lowest BCUT2D eigenvalue weighted by Gasteiger charge is -2.12. The molecule has 6 nitrogen and oxygen atoms in total. The minimum absolute atomic E-state index is 0.232. The van der Waals surface area contributed by atoms with Crippen molar-refractivity contribution in [3.8, 4) is 11.3 Å². The summed E-state index contributed by atoms with van der Waals surface area (Å²) in [5.41, 5.74) is 2.16. The van der Waals surface area contributed by atoms with Gasteiger partial charge in [0.2, 0.25) is 0 Å². The first-order chi connectivity index (χ1) is 16.4. The number of amides is 2. The molecule has 4 rings (SSSR count). The van der Waals surface area contributed by atoms with Gasteiger partial charge in [-0.15, -0.1) is 0 Å². The fraction of sp³-hybridized carbons (Fsp3) is 0.192. The highest BCUT2D eigenvalue weighted by atomic mass is 127. The van der Waals surface area contributed by atoms with Gasteiger partial charge in [0.25, 0.3) is 11.1 Å². The molecule has 0 radical (unpaired) electrons. The molecule has 0 N–H and O–H groups in total. The van der Waals surface area contributed by atoms with Gasteiger partial charge in [-0.3, -0.25) is 14.5 Å². The lowest BCUT2D eigenvalue weighted by atomic mass is 10.1. The normalized spacial score (nSPS) is 14.8. The number of benzene rings is 2. The Morgan fingerprint density at radius 2 is 1.79 bits per heavy atom. The highest BCUT2D eigenvalue weighted by Gasteiger charge is 2.35. The molecule has 3 aromatic rings. The van der Waals surface area contributed by atoms with E-state index in [1.165, 1.54) is 4.90 Å². The smallest absolute Gasteiger partial charge is 0.338 e. The maximum Gasteiger partial charge on any atom is 0.338 e. The number of imide groups is 1. The second-order valence-corrected chi connectivity index (χ2v) is 9.90. The molecule has 2 aromatic carbocycles. The van der Waals surface area contributed by atoms with Crippen molar-refractivity contribution in [1.82, 2.24) is 4.90 Å². The van der Waals surface area contributed by atoms with Crippen LogP contribution >= 0.6 is 34.4 Å². The minimum Gasteiger partial charge on any atom is -0.462 e. The molecule has 1 aromatic heterocycles. The molecule has 0 spiro atoms. The van der Waals surface area contributed by atoms with E-state index in [0.29, 0.717) is 28.6 Å². The lowest BCUT2D eigenvalue weighted by molar-refractivity contribution is -0.123.